The average Bonchev–Trinajstić information content (AvgIpc) is 3.15. The van der Waals surface area contributed by atoms with E-state index in [2.05, 4.69) is 0 Å². The average molecular weight is 717 g/mol. The summed E-state index contributed by atoms with van der Waals surface area (Å²) < 4.78 is 46.8. The summed E-state index contributed by atoms with van der Waals surface area (Å²) in [5, 5.41) is 20.4. The number of benzene rings is 3. The molecule has 0 heterocycles. The van der Waals surface area contributed by atoms with Gasteiger partial charge in [0.05, 0.1) is 39.6 Å². The van der Waals surface area contributed by atoms with Crippen molar-refractivity contribution in [3.8, 4) is 58.1 Å². The van der Waals surface area contributed by atoms with Gasteiger partial charge in [-0.15, -0.1) is 0 Å². The van der Waals surface area contributed by atoms with Gasteiger partial charge in [-0.2, -0.15) is 10.5 Å². The Hall–Kier alpha value is -5.62. The molecule has 0 saturated carbocycles. The van der Waals surface area contributed by atoms with Crippen molar-refractivity contribution in [2.75, 3.05) is 39.6 Å². The van der Waals surface area contributed by atoms with Crippen LogP contribution in [0.15, 0.2) is 36.4 Å². The molecule has 12 heteroatoms. The molecule has 278 valence electrons. The van der Waals surface area contributed by atoms with Crippen molar-refractivity contribution in [1.29, 1.82) is 10.5 Å². The first-order chi connectivity index (χ1) is 25.3. The maximum absolute atomic E-state index is 13.8. The summed E-state index contributed by atoms with van der Waals surface area (Å²) in [6, 6.07) is 12.8. The molecule has 0 spiro atoms. The maximum atomic E-state index is 13.8. The van der Waals surface area contributed by atoms with E-state index in [1.54, 1.807) is 24.3 Å². The Morgan fingerprint density at radius 1 is 0.462 bits per heavy atom. The fourth-order valence-corrected chi connectivity index (χ4v) is 4.70. The van der Waals surface area contributed by atoms with Crippen molar-refractivity contribution < 1.29 is 47.5 Å². The quantitative estimate of drug-likeness (QED) is 0.0722. The number of rotatable bonds is 22. The third-order valence-electron chi connectivity index (χ3n) is 7.04. The molecule has 0 bridgehead atoms. The van der Waals surface area contributed by atoms with E-state index in [0.29, 0.717) is 76.8 Å². The van der Waals surface area contributed by atoms with Gasteiger partial charge in [0.15, 0.2) is 11.5 Å². The molecule has 3 aromatic carbocycles. The Morgan fingerprint density at radius 2 is 0.731 bits per heavy atom. The van der Waals surface area contributed by atoms with Gasteiger partial charge in [0, 0.05) is 24.3 Å². The van der Waals surface area contributed by atoms with Crippen LogP contribution in [0.2, 0.25) is 0 Å². The highest BCUT2D eigenvalue weighted by atomic mass is 16.6. The third kappa shape index (κ3) is 10.9. The molecule has 0 N–H and O–H groups in total. The van der Waals surface area contributed by atoms with Crippen molar-refractivity contribution in [1.82, 2.24) is 0 Å². The number of hydrogen-bond acceptors (Lipinski definition) is 12. The number of nitrogens with zero attached hydrogens (tertiary/aromatic N) is 2. The van der Waals surface area contributed by atoms with Crippen molar-refractivity contribution in [3.05, 3.63) is 58.7 Å². The number of carbonyl (C=O) groups is 2. The number of hydrogen-bond donors (Lipinski definition) is 0. The Labute approximate surface area is 306 Å². The van der Waals surface area contributed by atoms with E-state index < -0.39 is 11.9 Å². The zero-order valence-electron chi connectivity index (χ0n) is 30.9. The second-order valence-corrected chi connectivity index (χ2v) is 11.5. The van der Waals surface area contributed by atoms with E-state index in [1.807, 2.05) is 53.7 Å². The minimum absolute atomic E-state index is 0.00534. The summed E-state index contributed by atoms with van der Waals surface area (Å²) >= 11 is 0. The molecule has 0 fully saturated rings. The van der Waals surface area contributed by atoms with Crippen LogP contribution in [0.1, 0.15) is 112 Å². The van der Waals surface area contributed by atoms with Crippen LogP contribution in [0.4, 0.5) is 0 Å². The molecule has 52 heavy (non-hydrogen) atoms. The smallest absolute Gasteiger partial charge is 0.351 e. The lowest BCUT2D eigenvalue weighted by Crippen LogP contribution is -2.16. The molecule has 0 aromatic heterocycles. The predicted molar refractivity (Wildman–Crippen MR) is 193 cm³/mol. The lowest BCUT2D eigenvalue weighted by Gasteiger charge is -2.19. The van der Waals surface area contributed by atoms with Gasteiger partial charge in [-0.3, -0.25) is 0 Å². The molecule has 0 atom stereocenters. The Balaban J connectivity index is 2.06. The van der Waals surface area contributed by atoms with E-state index in [-0.39, 0.29) is 56.8 Å². The van der Waals surface area contributed by atoms with Crippen LogP contribution in [0, 0.1) is 22.7 Å². The lowest BCUT2D eigenvalue weighted by atomic mass is 10.1. The third-order valence-corrected chi connectivity index (χ3v) is 7.04. The topological polar surface area (TPSA) is 156 Å². The molecule has 0 aliphatic heterocycles. The summed E-state index contributed by atoms with van der Waals surface area (Å²) in [5.41, 5.74) is -0.642. The van der Waals surface area contributed by atoms with Crippen molar-refractivity contribution in [2.45, 2.75) is 80.1 Å². The molecule has 0 amide bonds. The molecule has 3 rings (SSSR count). The second kappa shape index (κ2) is 21.6. The van der Waals surface area contributed by atoms with E-state index >= 15 is 0 Å². The van der Waals surface area contributed by atoms with Gasteiger partial charge in [0.2, 0.25) is 0 Å². The van der Waals surface area contributed by atoms with Crippen molar-refractivity contribution in [3.63, 3.8) is 0 Å². The zero-order chi connectivity index (χ0) is 37.9. The molecular formula is C40H48N2O10. The summed E-state index contributed by atoms with van der Waals surface area (Å²) in [6.45, 7) is 13.8. The second-order valence-electron chi connectivity index (χ2n) is 11.5. The largest absolute Gasteiger partial charge is 0.493 e. The van der Waals surface area contributed by atoms with Crippen LogP contribution in [0.5, 0.6) is 46.0 Å². The normalized spacial score (nSPS) is 10.4. The number of esters is 2. The van der Waals surface area contributed by atoms with Crippen LogP contribution < -0.4 is 37.9 Å². The number of nitriles is 2. The highest BCUT2D eigenvalue weighted by Gasteiger charge is 2.28. The maximum Gasteiger partial charge on any atom is 0.351 e. The minimum Gasteiger partial charge on any atom is -0.493 e. The SMILES string of the molecule is CCCOc1cc(OCCC)c(C(=O)Oc2ccc(OC(=O)c3c(OCCC)cc(OCCC)cc3OCCC)c(C#N)c2C#N)c(OCCC)c1. The number of ether oxygens (including phenoxy) is 8. The summed E-state index contributed by atoms with van der Waals surface area (Å²) in [5.74, 6) is -0.566. The number of carbonyl (C=O) groups excluding carboxylic acids is 2. The molecule has 3 aromatic rings. The van der Waals surface area contributed by atoms with Gasteiger partial charge < -0.3 is 37.9 Å². The van der Waals surface area contributed by atoms with E-state index in [1.165, 1.54) is 12.1 Å². The van der Waals surface area contributed by atoms with Gasteiger partial charge in [0.25, 0.3) is 0 Å². The fourth-order valence-electron chi connectivity index (χ4n) is 4.70. The molecule has 0 saturated heterocycles. The van der Waals surface area contributed by atoms with E-state index in [4.69, 9.17) is 37.9 Å². The molecule has 0 unspecified atom stereocenters. The lowest BCUT2D eigenvalue weighted by molar-refractivity contribution is 0.0708. The van der Waals surface area contributed by atoms with Crippen LogP contribution >= 0.6 is 0 Å². The first-order valence-electron chi connectivity index (χ1n) is 17.8. The zero-order valence-corrected chi connectivity index (χ0v) is 30.9. The first kappa shape index (κ1) is 40.8. The fraction of sp³-hybridized carbons (Fsp3) is 0.450. The van der Waals surface area contributed by atoms with Crippen molar-refractivity contribution in [2.24, 2.45) is 0 Å². The molecular weight excluding hydrogens is 668 g/mol. The van der Waals surface area contributed by atoms with Crippen LogP contribution in [0.3, 0.4) is 0 Å². The summed E-state index contributed by atoms with van der Waals surface area (Å²) in [6.07, 6.45) is 4.20. The Kier molecular flexibility index (Phi) is 16.9. The van der Waals surface area contributed by atoms with Crippen LogP contribution in [-0.4, -0.2) is 51.6 Å². The van der Waals surface area contributed by atoms with Crippen molar-refractivity contribution >= 4 is 11.9 Å². The Bertz CT molecular complexity index is 1560. The molecule has 12 nitrogen and oxygen atoms in total. The van der Waals surface area contributed by atoms with Crippen LogP contribution in [-0.2, 0) is 0 Å². The molecule has 0 aliphatic carbocycles. The Morgan fingerprint density at radius 3 is 0.981 bits per heavy atom. The highest BCUT2D eigenvalue weighted by molar-refractivity contribution is 5.99. The highest BCUT2D eigenvalue weighted by Crippen LogP contribution is 2.39. The molecule has 0 radical (unpaired) electrons. The summed E-state index contributed by atoms with van der Waals surface area (Å²) in [7, 11) is 0. The molecule has 0 aliphatic rings. The first-order valence-corrected chi connectivity index (χ1v) is 17.8. The van der Waals surface area contributed by atoms with E-state index in [9.17, 15) is 20.1 Å². The van der Waals surface area contributed by atoms with Crippen LogP contribution in [0.25, 0.3) is 0 Å². The van der Waals surface area contributed by atoms with Gasteiger partial charge in [-0.1, -0.05) is 41.5 Å². The standard InChI is InChI=1S/C40H48N2O10/c1-7-15-45-27-21-33(47-17-9-3)37(34(22-27)48-18-10-4)39(43)51-31-13-14-32(30(26-42)29(31)25-41)52-40(44)38-35(49-19-11-5)23-28(46-16-8-2)24-36(38)50-20-12-6/h13-14,21-24H,7-12,15-20H2,1-6H3. The van der Waals surface area contributed by atoms with Gasteiger partial charge in [-0.05, 0) is 50.7 Å². The summed E-state index contributed by atoms with van der Waals surface area (Å²) in [4.78, 5) is 27.6. The monoisotopic (exact) mass is 716 g/mol. The van der Waals surface area contributed by atoms with E-state index in [0.717, 1.165) is 12.8 Å². The predicted octanol–water partition coefficient (Wildman–Crippen LogP) is 8.60. The van der Waals surface area contributed by atoms with Gasteiger partial charge in [-0.25, -0.2) is 9.59 Å². The minimum atomic E-state index is -0.884. The van der Waals surface area contributed by atoms with Gasteiger partial charge in [0.1, 0.15) is 68.9 Å². The van der Waals surface area contributed by atoms with Gasteiger partial charge >= 0.3 is 11.9 Å².